The molecule has 8 heteroatoms. The van der Waals surface area contributed by atoms with Gasteiger partial charge in [-0.2, -0.15) is 5.26 Å². The molecule has 1 atom stereocenters. The standard InChI is InChI=1S/C24H23ClN4O2S/c1-16-11-24(15-30-16)7-9-29(10-8-24)21-13-28-22(14-27-21)32-20-4-2-3-18(23(20)25)19-6-5-17(12-26)31-19/h2-6,13-14,16H,7-11,15H2,1H3/t16-/m0/s1. The van der Waals surface area contributed by atoms with E-state index < -0.39 is 0 Å². The van der Waals surface area contributed by atoms with Crippen LogP contribution in [0.2, 0.25) is 5.02 Å². The van der Waals surface area contributed by atoms with E-state index in [0.717, 1.165) is 60.3 Å². The molecule has 6 nitrogen and oxygen atoms in total. The lowest BCUT2D eigenvalue weighted by Gasteiger charge is -2.38. The third-order valence-corrected chi connectivity index (χ3v) is 7.82. The summed E-state index contributed by atoms with van der Waals surface area (Å²) < 4.78 is 11.4. The van der Waals surface area contributed by atoms with E-state index in [0.29, 0.717) is 22.3 Å². The molecule has 2 saturated heterocycles. The minimum atomic E-state index is 0.259. The Bertz CT molecular complexity index is 1150. The van der Waals surface area contributed by atoms with Crippen LogP contribution in [0.25, 0.3) is 11.3 Å². The van der Waals surface area contributed by atoms with Gasteiger partial charge in [0.2, 0.25) is 5.76 Å². The Labute approximate surface area is 196 Å². The topological polar surface area (TPSA) is 75.2 Å². The quantitative estimate of drug-likeness (QED) is 0.480. The fourth-order valence-corrected chi connectivity index (χ4v) is 5.68. The molecule has 0 aliphatic carbocycles. The van der Waals surface area contributed by atoms with E-state index in [2.05, 4.69) is 21.8 Å². The minimum Gasteiger partial charge on any atom is -0.446 e. The van der Waals surface area contributed by atoms with Gasteiger partial charge in [0.25, 0.3) is 0 Å². The van der Waals surface area contributed by atoms with Crippen LogP contribution in [0.3, 0.4) is 0 Å². The predicted molar refractivity (Wildman–Crippen MR) is 124 cm³/mol. The number of aromatic nitrogens is 2. The van der Waals surface area contributed by atoms with E-state index in [4.69, 9.17) is 26.0 Å². The van der Waals surface area contributed by atoms with Crippen LogP contribution >= 0.6 is 23.4 Å². The molecule has 0 bridgehead atoms. The van der Waals surface area contributed by atoms with Crippen molar-refractivity contribution in [3.63, 3.8) is 0 Å². The summed E-state index contributed by atoms with van der Waals surface area (Å²) in [5.41, 5.74) is 1.10. The molecule has 2 aromatic heterocycles. The smallest absolute Gasteiger partial charge is 0.204 e. The van der Waals surface area contributed by atoms with Crippen molar-refractivity contribution in [1.82, 2.24) is 9.97 Å². The second-order valence-corrected chi connectivity index (χ2v) is 9.96. The lowest BCUT2D eigenvalue weighted by molar-refractivity contribution is 0.0976. The molecule has 4 heterocycles. The van der Waals surface area contributed by atoms with Crippen LogP contribution in [0, 0.1) is 16.7 Å². The molecule has 164 valence electrons. The molecule has 0 N–H and O–H groups in total. The Hall–Kier alpha value is -2.53. The first-order valence-electron chi connectivity index (χ1n) is 10.7. The Balaban J connectivity index is 1.27. The van der Waals surface area contributed by atoms with Gasteiger partial charge in [-0.05, 0) is 55.9 Å². The highest BCUT2D eigenvalue weighted by Crippen LogP contribution is 2.43. The molecular formula is C24H23ClN4O2S. The summed E-state index contributed by atoms with van der Waals surface area (Å²) in [4.78, 5) is 12.5. The third-order valence-electron chi connectivity index (χ3n) is 6.32. The van der Waals surface area contributed by atoms with Gasteiger partial charge >= 0.3 is 0 Å². The average Bonchev–Trinajstić information content (AvgIpc) is 3.43. The highest BCUT2D eigenvalue weighted by Gasteiger charge is 2.41. The van der Waals surface area contributed by atoms with Crippen molar-refractivity contribution in [2.24, 2.45) is 5.41 Å². The third kappa shape index (κ3) is 4.23. The van der Waals surface area contributed by atoms with Gasteiger partial charge in [-0.1, -0.05) is 29.4 Å². The summed E-state index contributed by atoms with van der Waals surface area (Å²) in [5, 5.41) is 10.3. The fraction of sp³-hybridized carbons (Fsp3) is 0.375. The average molecular weight is 467 g/mol. The molecule has 2 fully saturated rings. The van der Waals surface area contributed by atoms with E-state index >= 15 is 0 Å². The summed E-state index contributed by atoms with van der Waals surface area (Å²) in [7, 11) is 0. The maximum Gasteiger partial charge on any atom is 0.204 e. The molecule has 0 saturated carbocycles. The fourth-order valence-electron chi connectivity index (χ4n) is 4.57. The number of halogens is 1. The maximum atomic E-state index is 8.99. The summed E-state index contributed by atoms with van der Waals surface area (Å²) in [6.45, 7) is 5.03. The van der Waals surface area contributed by atoms with Crippen LogP contribution in [0.4, 0.5) is 5.82 Å². The number of hydrogen-bond acceptors (Lipinski definition) is 7. The van der Waals surface area contributed by atoms with Gasteiger partial charge in [-0.3, -0.25) is 0 Å². The predicted octanol–water partition coefficient (Wildman–Crippen LogP) is 5.81. The first kappa shape index (κ1) is 21.3. The van der Waals surface area contributed by atoms with Crippen molar-refractivity contribution in [2.45, 2.75) is 42.2 Å². The van der Waals surface area contributed by atoms with Crippen molar-refractivity contribution in [3.05, 3.63) is 53.5 Å². The molecule has 2 aliphatic heterocycles. The van der Waals surface area contributed by atoms with Crippen molar-refractivity contribution in [1.29, 1.82) is 5.26 Å². The number of anilines is 1. The van der Waals surface area contributed by atoms with Gasteiger partial charge in [0, 0.05) is 23.5 Å². The molecule has 3 aromatic rings. The Morgan fingerprint density at radius 3 is 2.69 bits per heavy atom. The van der Waals surface area contributed by atoms with Crippen LogP contribution in [-0.2, 0) is 4.74 Å². The normalized spacial score (nSPS) is 19.9. The molecule has 0 unspecified atom stereocenters. The van der Waals surface area contributed by atoms with Crippen molar-refractivity contribution >= 4 is 29.2 Å². The van der Waals surface area contributed by atoms with Crippen LogP contribution in [0.15, 0.2) is 57.1 Å². The number of rotatable bonds is 4. The van der Waals surface area contributed by atoms with Crippen molar-refractivity contribution in [2.75, 3.05) is 24.6 Å². The highest BCUT2D eigenvalue weighted by atomic mass is 35.5. The van der Waals surface area contributed by atoms with E-state index in [9.17, 15) is 0 Å². The van der Waals surface area contributed by atoms with E-state index in [-0.39, 0.29) is 5.76 Å². The Morgan fingerprint density at radius 1 is 1.19 bits per heavy atom. The van der Waals surface area contributed by atoms with Gasteiger partial charge in [0.05, 0.1) is 30.1 Å². The molecule has 1 spiro atoms. The summed E-state index contributed by atoms with van der Waals surface area (Å²) in [5.74, 6) is 1.74. The van der Waals surface area contributed by atoms with Gasteiger partial charge < -0.3 is 14.1 Å². The zero-order valence-corrected chi connectivity index (χ0v) is 19.3. The molecule has 2 aliphatic rings. The van der Waals surface area contributed by atoms with Crippen molar-refractivity contribution < 1.29 is 9.15 Å². The summed E-state index contributed by atoms with van der Waals surface area (Å²) >= 11 is 8.10. The molecule has 0 radical (unpaired) electrons. The number of piperidine rings is 1. The molecule has 32 heavy (non-hydrogen) atoms. The largest absolute Gasteiger partial charge is 0.446 e. The number of nitrogens with zero attached hydrogens (tertiary/aromatic N) is 4. The van der Waals surface area contributed by atoms with Crippen molar-refractivity contribution in [3.8, 4) is 17.4 Å². The van der Waals surface area contributed by atoms with Crippen LogP contribution < -0.4 is 4.90 Å². The second-order valence-electron chi connectivity index (χ2n) is 8.52. The number of benzene rings is 1. The number of nitriles is 1. The van der Waals surface area contributed by atoms with Gasteiger partial charge in [-0.25, -0.2) is 9.97 Å². The van der Waals surface area contributed by atoms with E-state index in [1.54, 1.807) is 18.3 Å². The molecule has 5 rings (SSSR count). The SMILES string of the molecule is C[C@H]1CC2(CCN(c3cnc(Sc4cccc(-c5ccc(C#N)o5)c4Cl)cn3)CC2)CO1. The van der Waals surface area contributed by atoms with E-state index in [1.165, 1.54) is 11.8 Å². The first-order valence-corrected chi connectivity index (χ1v) is 11.9. The van der Waals surface area contributed by atoms with Gasteiger partial charge in [0.15, 0.2) is 0 Å². The number of ether oxygens (including phenoxy) is 1. The van der Waals surface area contributed by atoms with Crippen LogP contribution in [0.1, 0.15) is 31.9 Å². The summed E-state index contributed by atoms with van der Waals surface area (Å²) in [6.07, 6.45) is 7.46. The van der Waals surface area contributed by atoms with Gasteiger partial charge in [0.1, 0.15) is 22.7 Å². The molecule has 0 amide bonds. The summed E-state index contributed by atoms with van der Waals surface area (Å²) in [6, 6.07) is 11.1. The second kappa shape index (κ2) is 8.78. The lowest BCUT2D eigenvalue weighted by Crippen LogP contribution is -2.41. The Morgan fingerprint density at radius 2 is 2.03 bits per heavy atom. The van der Waals surface area contributed by atoms with E-state index in [1.807, 2.05) is 30.5 Å². The zero-order chi connectivity index (χ0) is 22.1. The van der Waals surface area contributed by atoms with Gasteiger partial charge in [-0.15, -0.1) is 0 Å². The minimum absolute atomic E-state index is 0.259. The number of furan rings is 1. The van der Waals surface area contributed by atoms with Crippen LogP contribution in [0.5, 0.6) is 0 Å². The first-order chi connectivity index (χ1) is 15.5. The highest BCUT2D eigenvalue weighted by molar-refractivity contribution is 7.99. The zero-order valence-electron chi connectivity index (χ0n) is 17.8. The number of hydrogen-bond donors (Lipinski definition) is 0. The Kier molecular flexibility index (Phi) is 5.85. The molecular weight excluding hydrogens is 444 g/mol. The van der Waals surface area contributed by atoms with Crippen LogP contribution in [-0.4, -0.2) is 35.8 Å². The maximum absolute atomic E-state index is 8.99. The lowest BCUT2D eigenvalue weighted by atomic mass is 9.77. The monoisotopic (exact) mass is 466 g/mol. The molecule has 1 aromatic carbocycles.